The zero-order valence-corrected chi connectivity index (χ0v) is 14.8. The highest BCUT2D eigenvalue weighted by molar-refractivity contribution is 6.38. The Morgan fingerprint density at radius 3 is 2.07 bits per heavy atom. The van der Waals surface area contributed by atoms with E-state index in [0.717, 1.165) is 16.3 Å². The second kappa shape index (κ2) is 7.00. The van der Waals surface area contributed by atoms with Gasteiger partial charge in [0, 0.05) is 0 Å². The summed E-state index contributed by atoms with van der Waals surface area (Å²) in [6.07, 6.45) is 2.95. The van der Waals surface area contributed by atoms with Gasteiger partial charge >= 0.3 is 0 Å². The van der Waals surface area contributed by atoms with Gasteiger partial charge in [-0.25, -0.2) is 0 Å². The molecule has 1 aliphatic rings. The highest BCUT2D eigenvalue weighted by Gasteiger charge is 2.34. The summed E-state index contributed by atoms with van der Waals surface area (Å²) in [5.74, 6) is -2.89. The minimum atomic E-state index is -0.785. The molecule has 0 bridgehead atoms. The summed E-state index contributed by atoms with van der Waals surface area (Å²) in [5.41, 5.74) is 0.764. The number of benzene rings is 3. The Morgan fingerprint density at radius 2 is 1.32 bits per heavy atom. The number of rotatable bonds is 3. The van der Waals surface area contributed by atoms with E-state index in [1.807, 2.05) is 54.6 Å². The molecule has 1 aliphatic carbocycles. The molecule has 0 spiro atoms. The van der Waals surface area contributed by atoms with Crippen LogP contribution in [0, 0.1) is 0 Å². The van der Waals surface area contributed by atoms with Gasteiger partial charge in [-0.3, -0.25) is 9.59 Å². The maximum Gasteiger partial charge on any atom is 0.232 e. The van der Waals surface area contributed by atoms with Crippen molar-refractivity contribution in [2.45, 2.75) is 0 Å². The SMILES string of the molecule is O=C1C(O)=C(c2ccc3ccccc3c2)C(=O)C(O)=C1C=Cc1ccccc1. The lowest BCUT2D eigenvalue weighted by Crippen LogP contribution is -2.22. The molecule has 0 aliphatic heterocycles. The zero-order valence-electron chi connectivity index (χ0n) is 14.8. The number of fused-ring (bicyclic) bond motifs is 1. The van der Waals surface area contributed by atoms with Crippen molar-refractivity contribution in [1.29, 1.82) is 0 Å². The van der Waals surface area contributed by atoms with Crippen LogP contribution in [0.15, 0.2) is 96.0 Å². The fourth-order valence-electron chi connectivity index (χ4n) is 3.21. The normalized spacial score (nSPS) is 15.1. The fraction of sp³-hybridized carbons (Fsp3) is 0. The third kappa shape index (κ3) is 3.01. The van der Waals surface area contributed by atoms with Gasteiger partial charge < -0.3 is 10.2 Å². The molecule has 28 heavy (non-hydrogen) atoms. The second-order valence-corrected chi connectivity index (χ2v) is 6.45. The molecule has 4 rings (SSSR count). The van der Waals surface area contributed by atoms with Gasteiger partial charge in [-0.15, -0.1) is 0 Å². The minimum absolute atomic E-state index is 0.190. The van der Waals surface area contributed by atoms with Crippen molar-refractivity contribution in [2.24, 2.45) is 0 Å². The molecule has 3 aromatic rings. The summed E-state index contributed by atoms with van der Waals surface area (Å²) in [5, 5.41) is 22.6. The van der Waals surface area contributed by atoms with Gasteiger partial charge in [-0.05, 0) is 34.0 Å². The standard InChI is InChI=1S/C24H16O4/c25-21-19(13-10-15-6-2-1-3-7-15)22(26)24(28)20(23(21)27)18-12-11-16-8-4-5-9-17(16)14-18/h1-14,25,28H. The maximum atomic E-state index is 12.7. The molecule has 0 radical (unpaired) electrons. The predicted octanol–water partition coefficient (Wildman–Crippen LogP) is 4.79. The first-order valence-electron chi connectivity index (χ1n) is 8.74. The van der Waals surface area contributed by atoms with Crippen molar-refractivity contribution in [3.8, 4) is 0 Å². The van der Waals surface area contributed by atoms with Crippen LogP contribution >= 0.6 is 0 Å². The van der Waals surface area contributed by atoms with Crippen LogP contribution in [0.3, 0.4) is 0 Å². The van der Waals surface area contributed by atoms with Gasteiger partial charge in [0.25, 0.3) is 0 Å². The van der Waals surface area contributed by atoms with Crippen LogP contribution < -0.4 is 0 Å². The number of carbonyl (C=O) groups excluding carboxylic acids is 2. The van der Waals surface area contributed by atoms with Crippen LogP contribution in [0.2, 0.25) is 0 Å². The van der Waals surface area contributed by atoms with Crippen LogP contribution in [0.25, 0.3) is 22.4 Å². The Morgan fingerprint density at radius 1 is 0.643 bits per heavy atom. The minimum Gasteiger partial charge on any atom is -0.504 e. The number of carbonyl (C=O) groups is 2. The molecule has 2 N–H and O–H groups in total. The van der Waals surface area contributed by atoms with Crippen molar-refractivity contribution in [2.75, 3.05) is 0 Å². The maximum absolute atomic E-state index is 12.7. The van der Waals surface area contributed by atoms with Gasteiger partial charge in [-0.1, -0.05) is 72.8 Å². The summed E-state index contributed by atoms with van der Waals surface area (Å²) >= 11 is 0. The van der Waals surface area contributed by atoms with Crippen LogP contribution in [-0.2, 0) is 9.59 Å². The smallest absolute Gasteiger partial charge is 0.232 e. The second-order valence-electron chi connectivity index (χ2n) is 6.45. The van der Waals surface area contributed by atoms with Gasteiger partial charge in [0.05, 0.1) is 11.1 Å². The summed E-state index contributed by atoms with van der Waals surface area (Å²) in [7, 11) is 0. The molecule has 3 aromatic carbocycles. The lowest BCUT2D eigenvalue weighted by atomic mass is 9.88. The molecule has 4 heteroatoms. The monoisotopic (exact) mass is 368 g/mol. The molecule has 0 amide bonds. The lowest BCUT2D eigenvalue weighted by molar-refractivity contribution is -0.118. The van der Waals surface area contributed by atoms with Gasteiger partial charge in [0.2, 0.25) is 11.6 Å². The molecule has 0 unspecified atom stereocenters. The first-order chi connectivity index (χ1) is 13.6. The molecular formula is C24H16O4. The van der Waals surface area contributed by atoms with Gasteiger partial charge in [-0.2, -0.15) is 0 Å². The number of ketones is 2. The van der Waals surface area contributed by atoms with Crippen molar-refractivity contribution < 1.29 is 19.8 Å². The Kier molecular flexibility index (Phi) is 4.38. The molecule has 0 saturated carbocycles. The Bertz CT molecular complexity index is 1200. The van der Waals surface area contributed by atoms with E-state index in [1.54, 1.807) is 24.3 Å². The molecule has 0 fully saturated rings. The number of hydrogen-bond donors (Lipinski definition) is 2. The Hall–Kier alpha value is -3.92. The summed E-state index contributed by atoms with van der Waals surface area (Å²) in [4.78, 5) is 25.3. The first kappa shape index (κ1) is 17.5. The molecule has 0 aromatic heterocycles. The van der Waals surface area contributed by atoms with E-state index in [9.17, 15) is 19.8 Å². The van der Waals surface area contributed by atoms with E-state index in [2.05, 4.69) is 0 Å². The van der Waals surface area contributed by atoms with Crippen molar-refractivity contribution in [3.63, 3.8) is 0 Å². The number of allylic oxidation sites excluding steroid dienone is 3. The fourth-order valence-corrected chi connectivity index (χ4v) is 3.21. The number of aliphatic hydroxyl groups is 2. The van der Waals surface area contributed by atoms with Crippen LogP contribution in [-0.4, -0.2) is 21.8 Å². The quantitative estimate of drug-likeness (QED) is 0.652. The highest BCUT2D eigenvalue weighted by atomic mass is 16.3. The number of aliphatic hydroxyl groups excluding tert-OH is 2. The van der Waals surface area contributed by atoms with Crippen molar-refractivity contribution in [3.05, 3.63) is 107 Å². The van der Waals surface area contributed by atoms with E-state index < -0.39 is 23.1 Å². The van der Waals surface area contributed by atoms with Crippen molar-refractivity contribution >= 4 is 34.0 Å². The average molecular weight is 368 g/mol. The van der Waals surface area contributed by atoms with E-state index in [0.29, 0.717) is 5.56 Å². The lowest BCUT2D eigenvalue weighted by Gasteiger charge is -2.16. The summed E-state index contributed by atoms with van der Waals surface area (Å²) in [6, 6.07) is 21.9. The molecule has 0 heterocycles. The molecule has 0 saturated heterocycles. The average Bonchev–Trinajstić information content (AvgIpc) is 2.73. The highest BCUT2D eigenvalue weighted by Crippen LogP contribution is 2.31. The van der Waals surface area contributed by atoms with Crippen LogP contribution in [0.1, 0.15) is 11.1 Å². The number of hydrogen-bond acceptors (Lipinski definition) is 4. The Labute approximate surface area is 161 Å². The topological polar surface area (TPSA) is 74.6 Å². The zero-order chi connectivity index (χ0) is 19.7. The first-order valence-corrected chi connectivity index (χ1v) is 8.74. The molecule has 136 valence electrons. The third-order valence-corrected chi connectivity index (χ3v) is 4.67. The Balaban J connectivity index is 1.75. The van der Waals surface area contributed by atoms with Crippen LogP contribution in [0.4, 0.5) is 0 Å². The van der Waals surface area contributed by atoms with E-state index >= 15 is 0 Å². The van der Waals surface area contributed by atoms with E-state index in [4.69, 9.17) is 0 Å². The number of Topliss-reactive ketones (excluding diaryl/α,β-unsaturated/α-hetero) is 2. The largest absolute Gasteiger partial charge is 0.504 e. The van der Waals surface area contributed by atoms with Crippen LogP contribution in [0.5, 0.6) is 0 Å². The molecular weight excluding hydrogens is 352 g/mol. The molecule has 4 nitrogen and oxygen atoms in total. The van der Waals surface area contributed by atoms with Gasteiger partial charge in [0.1, 0.15) is 0 Å². The van der Waals surface area contributed by atoms with Crippen molar-refractivity contribution in [1.82, 2.24) is 0 Å². The van der Waals surface area contributed by atoms with E-state index in [-0.39, 0.29) is 11.1 Å². The van der Waals surface area contributed by atoms with E-state index in [1.165, 1.54) is 6.08 Å². The summed E-state index contributed by atoms with van der Waals surface area (Å²) in [6.45, 7) is 0. The summed E-state index contributed by atoms with van der Waals surface area (Å²) < 4.78 is 0. The molecule has 0 atom stereocenters. The third-order valence-electron chi connectivity index (χ3n) is 4.67. The predicted molar refractivity (Wildman–Crippen MR) is 109 cm³/mol. The van der Waals surface area contributed by atoms with Gasteiger partial charge in [0.15, 0.2) is 11.5 Å².